The highest BCUT2D eigenvalue weighted by molar-refractivity contribution is 7.15. The summed E-state index contributed by atoms with van der Waals surface area (Å²) < 4.78 is 12.5. The van der Waals surface area contributed by atoms with Gasteiger partial charge in [0.1, 0.15) is 11.5 Å². The van der Waals surface area contributed by atoms with Crippen molar-refractivity contribution in [2.75, 3.05) is 20.3 Å². The van der Waals surface area contributed by atoms with Crippen molar-refractivity contribution in [3.63, 3.8) is 0 Å². The van der Waals surface area contributed by atoms with Gasteiger partial charge in [-0.3, -0.25) is 4.79 Å². The largest absolute Gasteiger partial charge is 0.497 e. The highest BCUT2D eigenvalue weighted by Crippen LogP contribution is 2.23. The van der Waals surface area contributed by atoms with E-state index in [1.807, 2.05) is 65.4 Å². The summed E-state index contributed by atoms with van der Waals surface area (Å²) in [6, 6.07) is 15.3. The van der Waals surface area contributed by atoms with E-state index in [1.165, 1.54) is 0 Å². The Morgan fingerprint density at radius 1 is 1.10 bits per heavy atom. The van der Waals surface area contributed by atoms with Crippen molar-refractivity contribution in [3.05, 3.63) is 65.2 Å². The van der Waals surface area contributed by atoms with Gasteiger partial charge in [0.15, 0.2) is 5.82 Å². The zero-order valence-corrected chi connectivity index (χ0v) is 18.3. The Bertz CT molecular complexity index is 1150. The van der Waals surface area contributed by atoms with E-state index >= 15 is 0 Å². The van der Waals surface area contributed by atoms with E-state index in [0.29, 0.717) is 31.8 Å². The van der Waals surface area contributed by atoms with Gasteiger partial charge in [0, 0.05) is 23.9 Å². The molecule has 0 radical (unpaired) electrons. The number of nitrogens with one attached hydrogen (secondary N) is 1. The fraction of sp³-hybridized carbons (Fsp3) is 0.261. The summed E-state index contributed by atoms with van der Waals surface area (Å²) in [4.78, 5) is 17.7. The Balaban J connectivity index is 1.33. The topological polar surface area (TPSA) is 77.8 Å². The summed E-state index contributed by atoms with van der Waals surface area (Å²) in [5, 5.41) is 9.66. The summed E-state index contributed by atoms with van der Waals surface area (Å²) in [5.74, 6) is 2.28. The van der Waals surface area contributed by atoms with Crippen molar-refractivity contribution in [3.8, 4) is 22.9 Å². The lowest BCUT2D eigenvalue weighted by Crippen LogP contribution is -2.27. The molecule has 2 heterocycles. The number of methoxy groups -OCH3 is 1. The van der Waals surface area contributed by atoms with E-state index in [1.54, 1.807) is 18.4 Å². The minimum atomic E-state index is -0.00635. The summed E-state index contributed by atoms with van der Waals surface area (Å²) in [6.07, 6.45) is 1.02. The molecule has 0 fully saturated rings. The van der Waals surface area contributed by atoms with Gasteiger partial charge in [-0.2, -0.15) is 4.98 Å². The van der Waals surface area contributed by atoms with Gasteiger partial charge in [0.05, 0.1) is 25.8 Å². The van der Waals surface area contributed by atoms with E-state index in [0.717, 1.165) is 33.3 Å². The van der Waals surface area contributed by atoms with Crippen LogP contribution in [-0.4, -0.2) is 40.8 Å². The number of carbonyl (C=O) groups excluding carboxylic acids is 1. The van der Waals surface area contributed by atoms with E-state index in [4.69, 9.17) is 9.47 Å². The molecular formula is C23H24N4O3S. The van der Waals surface area contributed by atoms with Crippen LogP contribution in [0.1, 0.15) is 18.2 Å². The molecule has 0 aliphatic rings. The summed E-state index contributed by atoms with van der Waals surface area (Å²) in [5.41, 5.74) is 2.92. The van der Waals surface area contributed by atoms with Gasteiger partial charge in [-0.25, -0.2) is 4.52 Å². The molecule has 0 spiro atoms. The van der Waals surface area contributed by atoms with Gasteiger partial charge in [0.25, 0.3) is 0 Å². The minimum absolute atomic E-state index is 0.00635. The number of amides is 1. The number of nitrogens with zero attached hydrogens (tertiary/aromatic N) is 3. The Hall–Kier alpha value is -3.39. The standard InChI is InChI=1S/C23H24N4O3S/c1-3-30-20-8-4-16(5-9-20)14-21(28)24-13-12-18-15-31-23-25-22(26-27(18)23)17-6-10-19(29-2)11-7-17/h4-11,15H,3,12-14H2,1-2H3,(H,24,28). The van der Waals surface area contributed by atoms with Crippen molar-refractivity contribution in [2.45, 2.75) is 19.8 Å². The van der Waals surface area contributed by atoms with Gasteiger partial charge in [0.2, 0.25) is 10.9 Å². The number of aromatic nitrogens is 3. The van der Waals surface area contributed by atoms with Crippen molar-refractivity contribution in [2.24, 2.45) is 0 Å². The third kappa shape index (κ3) is 5.03. The van der Waals surface area contributed by atoms with E-state index in [2.05, 4.69) is 15.4 Å². The van der Waals surface area contributed by atoms with Crippen molar-refractivity contribution in [1.29, 1.82) is 0 Å². The first-order valence-electron chi connectivity index (χ1n) is 10.1. The van der Waals surface area contributed by atoms with Crippen LogP contribution < -0.4 is 14.8 Å². The van der Waals surface area contributed by atoms with Crippen LogP contribution in [0.4, 0.5) is 0 Å². The molecule has 0 aliphatic carbocycles. The first-order valence-corrected chi connectivity index (χ1v) is 11.0. The number of rotatable bonds is 9. The van der Waals surface area contributed by atoms with E-state index < -0.39 is 0 Å². The molecule has 0 atom stereocenters. The lowest BCUT2D eigenvalue weighted by Gasteiger charge is -2.06. The predicted octanol–water partition coefficient (Wildman–Crippen LogP) is 3.77. The fourth-order valence-electron chi connectivity index (χ4n) is 3.21. The van der Waals surface area contributed by atoms with Crippen LogP contribution in [0.25, 0.3) is 16.3 Å². The molecule has 0 bridgehead atoms. The molecule has 1 amide bonds. The van der Waals surface area contributed by atoms with Crippen molar-refractivity contribution < 1.29 is 14.3 Å². The number of hydrogen-bond donors (Lipinski definition) is 1. The molecule has 0 saturated heterocycles. The molecule has 4 rings (SSSR count). The maximum atomic E-state index is 12.3. The quantitative estimate of drug-likeness (QED) is 0.432. The second-order valence-corrected chi connectivity index (χ2v) is 7.78. The highest BCUT2D eigenvalue weighted by atomic mass is 32.1. The summed E-state index contributed by atoms with van der Waals surface area (Å²) in [6.45, 7) is 3.12. The monoisotopic (exact) mass is 436 g/mol. The molecule has 31 heavy (non-hydrogen) atoms. The molecule has 7 nitrogen and oxygen atoms in total. The zero-order valence-electron chi connectivity index (χ0n) is 17.5. The molecule has 4 aromatic rings. The van der Waals surface area contributed by atoms with Crippen LogP contribution in [0.15, 0.2) is 53.9 Å². The number of carbonyl (C=O) groups is 1. The maximum absolute atomic E-state index is 12.3. The second kappa shape index (κ2) is 9.61. The first-order chi connectivity index (χ1) is 15.2. The number of thiazole rings is 1. The molecule has 2 aromatic heterocycles. The lowest BCUT2D eigenvalue weighted by molar-refractivity contribution is -0.120. The number of ether oxygens (including phenoxy) is 2. The zero-order chi connectivity index (χ0) is 21.6. The smallest absolute Gasteiger partial charge is 0.224 e. The Morgan fingerprint density at radius 3 is 2.55 bits per heavy atom. The molecular weight excluding hydrogens is 412 g/mol. The Labute approximate surface area is 184 Å². The Morgan fingerprint density at radius 2 is 1.84 bits per heavy atom. The van der Waals surface area contributed by atoms with Gasteiger partial charge in [-0.15, -0.1) is 16.4 Å². The molecule has 0 aliphatic heterocycles. The normalized spacial score (nSPS) is 10.9. The number of benzene rings is 2. The third-order valence-electron chi connectivity index (χ3n) is 4.80. The van der Waals surface area contributed by atoms with Gasteiger partial charge in [-0.05, 0) is 48.9 Å². The van der Waals surface area contributed by atoms with E-state index in [9.17, 15) is 4.79 Å². The molecule has 1 N–H and O–H groups in total. The lowest BCUT2D eigenvalue weighted by atomic mass is 10.1. The van der Waals surface area contributed by atoms with Gasteiger partial charge >= 0.3 is 0 Å². The number of hydrogen-bond acceptors (Lipinski definition) is 6. The Kier molecular flexibility index (Phi) is 6.47. The van der Waals surface area contributed by atoms with Crippen LogP contribution in [0.2, 0.25) is 0 Å². The summed E-state index contributed by atoms with van der Waals surface area (Å²) >= 11 is 1.54. The van der Waals surface area contributed by atoms with Gasteiger partial charge < -0.3 is 14.8 Å². The molecule has 2 aromatic carbocycles. The molecule has 160 valence electrons. The second-order valence-electron chi connectivity index (χ2n) is 6.94. The average molecular weight is 437 g/mol. The van der Waals surface area contributed by atoms with Gasteiger partial charge in [-0.1, -0.05) is 12.1 Å². The molecule has 0 saturated carbocycles. The first kappa shape index (κ1) is 20.9. The molecule has 8 heteroatoms. The predicted molar refractivity (Wildman–Crippen MR) is 121 cm³/mol. The third-order valence-corrected chi connectivity index (χ3v) is 5.67. The molecule has 0 unspecified atom stereocenters. The van der Waals surface area contributed by atoms with E-state index in [-0.39, 0.29) is 5.91 Å². The van der Waals surface area contributed by atoms with Crippen LogP contribution in [-0.2, 0) is 17.6 Å². The number of fused-ring (bicyclic) bond motifs is 1. The maximum Gasteiger partial charge on any atom is 0.224 e. The van der Waals surface area contributed by atoms with Crippen molar-refractivity contribution >= 4 is 22.2 Å². The SMILES string of the molecule is CCOc1ccc(CC(=O)NCCc2csc3nc(-c4ccc(OC)cc4)nn23)cc1. The minimum Gasteiger partial charge on any atom is -0.497 e. The van der Waals surface area contributed by atoms with Crippen LogP contribution in [0.5, 0.6) is 11.5 Å². The van der Waals surface area contributed by atoms with Crippen LogP contribution in [0.3, 0.4) is 0 Å². The van der Waals surface area contributed by atoms with Crippen LogP contribution in [0, 0.1) is 0 Å². The van der Waals surface area contributed by atoms with Crippen molar-refractivity contribution in [1.82, 2.24) is 19.9 Å². The fourth-order valence-corrected chi connectivity index (χ4v) is 4.06. The average Bonchev–Trinajstić information content (AvgIpc) is 3.37. The summed E-state index contributed by atoms with van der Waals surface area (Å²) in [7, 11) is 1.64. The highest BCUT2D eigenvalue weighted by Gasteiger charge is 2.12. The van der Waals surface area contributed by atoms with Crippen LogP contribution >= 0.6 is 11.3 Å².